The molecule has 0 spiro atoms. The molecule has 2 rings (SSSR count). The van der Waals surface area contributed by atoms with E-state index in [1.165, 1.54) is 0 Å². The van der Waals surface area contributed by atoms with Crippen LogP contribution < -0.4 is 5.73 Å². The minimum absolute atomic E-state index is 0.169. The highest BCUT2D eigenvalue weighted by atomic mass is 35.5. The van der Waals surface area contributed by atoms with Gasteiger partial charge in [-0.15, -0.1) is 0 Å². The van der Waals surface area contributed by atoms with Gasteiger partial charge in [-0.05, 0) is 36.6 Å². The number of aromatic nitrogens is 2. The lowest BCUT2D eigenvalue weighted by molar-refractivity contribution is 0.646. The van der Waals surface area contributed by atoms with Crippen LogP contribution in [0.1, 0.15) is 18.9 Å². The fourth-order valence-electron chi connectivity index (χ4n) is 1.69. The van der Waals surface area contributed by atoms with Gasteiger partial charge in [-0.25, -0.2) is 4.68 Å². The minimum atomic E-state index is 0.169. The first-order valence-corrected chi connectivity index (χ1v) is 6.12. The van der Waals surface area contributed by atoms with E-state index in [1.54, 1.807) is 10.9 Å². The summed E-state index contributed by atoms with van der Waals surface area (Å²) in [6.07, 6.45) is 5.41. The second kappa shape index (κ2) is 5.34. The van der Waals surface area contributed by atoms with Crippen molar-refractivity contribution in [2.75, 3.05) is 0 Å². The molecule has 1 aromatic carbocycles. The summed E-state index contributed by atoms with van der Waals surface area (Å²) in [7, 11) is 0. The van der Waals surface area contributed by atoms with Gasteiger partial charge >= 0.3 is 0 Å². The maximum Gasteiger partial charge on any atom is 0.0660 e. The number of nitrogens with two attached hydrogens (primary N) is 1. The van der Waals surface area contributed by atoms with Crippen LogP contribution in [-0.4, -0.2) is 15.8 Å². The Balaban J connectivity index is 2.23. The van der Waals surface area contributed by atoms with E-state index in [0.29, 0.717) is 0 Å². The van der Waals surface area contributed by atoms with Crippen molar-refractivity contribution >= 4 is 11.6 Å². The monoisotopic (exact) mass is 249 g/mol. The average Bonchev–Trinajstić information content (AvgIpc) is 2.85. The van der Waals surface area contributed by atoms with Gasteiger partial charge in [0.05, 0.1) is 5.69 Å². The van der Waals surface area contributed by atoms with Crippen molar-refractivity contribution < 1.29 is 0 Å². The Morgan fingerprint density at radius 2 is 2.29 bits per heavy atom. The molecule has 17 heavy (non-hydrogen) atoms. The van der Waals surface area contributed by atoms with E-state index in [2.05, 4.69) is 12.0 Å². The summed E-state index contributed by atoms with van der Waals surface area (Å²) in [5.41, 5.74) is 7.99. The summed E-state index contributed by atoms with van der Waals surface area (Å²) >= 11 is 6.25. The Kier molecular flexibility index (Phi) is 3.82. The van der Waals surface area contributed by atoms with Crippen LogP contribution in [0.5, 0.6) is 0 Å². The molecule has 2 aromatic rings. The van der Waals surface area contributed by atoms with Crippen LogP contribution >= 0.6 is 11.6 Å². The SMILES string of the molecule is CCC(N)Cc1ccc(-n2cccn2)cc1Cl. The first-order valence-electron chi connectivity index (χ1n) is 5.74. The van der Waals surface area contributed by atoms with Crippen molar-refractivity contribution in [3.63, 3.8) is 0 Å². The molecular formula is C13H16ClN3. The number of halogens is 1. The predicted octanol–water partition coefficient (Wildman–Crippen LogP) is 2.81. The Morgan fingerprint density at radius 3 is 2.88 bits per heavy atom. The second-order valence-electron chi connectivity index (χ2n) is 4.10. The number of benzene rings is 1. The zero-order chi connectivity index (χ0) is 12.3. The van der Waals surface area contributed by atoms with E-state index in [0.717, 1.165) is 29.1 Å². The largest absolute Gasteiger partial charge is 0.327 e. The third-order valence-electron chi connectivity index (χ3n) is 2.81. The molecule has 4 heteroatoms. The van der Waals surface area contributed by atoms with Crippen LogP contribution in [0.25, 0.3) is 5.69 Å². The fourth-order valence-corrected chi connectivity index (χ4v) is 1.94. The van der Waals surface area contributed by atoms with Crippen molar-refractivity contribution in [3.8, 4) is 5.69 Å². The van der Waals surface area contributed by atoms with E-state index in [1.807, 2.05) is 30.5 Å². The van der Waals surface area contributed by atoms with Gasteiger partial charge in [0.2, 0.25) is 0 Å². The summed E-state index contributed by atoms with van der Waals surface area (Å²) in [5, 5.41) is 4.92. The van der Waals surface area contributed by atoms with Gasteiger partial charge in [0.25, 0.3) is 0 Å². The van der Waals surface area contributed by atoms with Crippen molar-refractivity contribution in [3.05, 3.63) is 47.2 Å². The molecule has 0 aliphatic rings. The Hall–Kier alpha value is -1.32. The Bertz CT molecular complexity index is 479. The Morgan fingerprint density at radius 1 is 1.47 bits per heavy atom. The van der Waals surface area contributed by atoms with Gasteiger partial charge in [-0.1, -0.05) is 24.6 Å². The van der Waals surface area contributed by atoms with Gasteiger partial charge in [-0.2, -0.15) is 5.10 Å². The minimum Gasteiger partial charge on any atom is -0.327 e. The number of rotatable bonds is 4. The molecule has 2 N–H and O–H groups in total. The van der Waals surface area contributed by atoms with Crippen LogP contribution in [0.3, 0.4) is 0 Å². The topological polar surface area (TPSA) is 43.8 Å². The Labute approximate surface area is 106 Å². The lowest BCUT2D eigenvalue weighted by Crippen LogP contribution is -2.21. The maximum absolute atomic E-state index is 6.25. The molecule has 0 amide bonds. The molecule has 1 atom stereocenters. The third kappa shape index (κ3) is 2.87. The number of hydrogen-bond donors (Lipinski definition) is 1. The standard InChI is InChI=1S/C13H16ClN3/c1-2-11(15)8-10-4-5-12(9-13(10)14)17-7-3-6-16-17/h3-7,9,11H,2,8,15H2,1H3. The summed E-state index contributed by atoms with van der Waals surface area (Å²) in [5.74, 6) is 0. The number of hydrogen-bond acceptors (Lipinski definition) is 2. The lowest BCUT2D eigenvalue weighted by atomic mass is 10.0. The maximum atomic E-state index is 6.25. The highest BCUT2D eigenvalue weighted by Crippen LogP contribution is 2.21. The molecule has 1 aromatic heterocycles. The van der Waals surface area contributed by atoms with Gasteiger partial charge in [0.1, 0.15) is 0 Å². The van der Waals surface area contributed by atoms with E-state index >= 15 is 0 Å². The van der Waals surface area contributed by atoms with Gasteiger partial charge < -0.3 is 5.73 Å². The first-order chi connectivity index (χ1) is 8.20. The molecule has 90 valence electrons. The summed E-state index contributed by atoms with van der Waals surface area (Å²) in [4.78, 5) is 0. The molecule has 3 nitrogen and oxygen atoms in total. The highest BCUT2D eigenvalue weighted by molar-refractivity contribution is 6.31. The molecular weight excluding hydrogens is 234 g/mol. The normalized spacial score (nSPS) is 12.6. The molecule has 0 saturated heterocycles. The van der Waals surface area contributed by atoms with Crippen molar-refractivity contribution in [1.82, 2.24) is 9.78 Å². The third-order valence-corrected chi connectivity index (χ3v) is 3.16. The van der Waals surface area contributed by atoms with Crippen molar-refractivity contribution in [2.45, 2.75) is 25.8 Å². The van der Waals surface area contributed by atoms with Gasteiger partial charge in [0, 0.05) is 23.5 Å². The van der Waals surface area contributed by atoms with Crippen LogP contribution in [0.2, 0.25) is 5.02 Å². The molecule has 0 aliphatic carbocycles. The van der Waals surface area contributed by atoms with Crippen LogP contribution in [-0.2, 0) is 6.42 Å². The second-order valence-corrected chi connectivity index (χ2v) is 4.51. The van der Waals surface area contributed by atoms with Crippen LogP contribution in [0.4, 0.5) is 0 Å². The zero-order valence-electron chi connectivity index (χ0n) is 9.81. The van der Waals surface area contributed by atoms with Gasteiger partial charge in [-0.3, -0.25) is 0 Å². The van der Waals surface area contributed by atoms with E-state index < -0.39 is 0 Å². The van der Waals surface area contributed by atoms with Crippen LogP contribution in [0, 0.1) is 0 Å². The predicted molar refractivity (Wildman–Crippen MR) is 70.5 cm³/mol. The van der Waals surface area contributed by atoms with Crippen molar-refractivity contribution in [2.24, 2.45) is 5.73 Å². The average molecular weight is 250 g/mol. The summed E-state index contributed by atoms with van der Waals surface area (Å²) < 4.78 is 1.79. The van der Waals surface area contributed by atoms with Crippen molar-refractivity contribution in [1.29, 1.82) is 0 Å². The molecule has 1 heterocycles. The first kappa shape index (κ1) is 12.1. The zero-order valence-corrected chi connectivity index (χ0v) is 10.6. The molecule has 0 radical (unpaired) electrons. The fraction of sp³-hybridized carbons (Fsp3) is 0.308. The lowest BCUT2D eigenvalue weighted by Gasteiger charge is -2.11. The molecule has 0 saturated carbocycles. The van der Waals surface area contributed by atoms with Gasteiger partial charge in [0.15, 0.2) is 0 Å². The van der Waals surface area contributed by atoms with Crippen LogP contribution in [0.15, 0.2) is 36.7 Å². The highest BCUT2D eigenvalue weighted by Gasteiger charge is 2.07. The molecule has 0 aliphatic heterocycles. The number of nitrogens with zero attached hydrogens (tertiary/aromatic N) is 2. The quantitative estimate of drug-likeness (QED) is 0.906. The molecule has 1 unspecified atom stereocenters. The molecule has 0 fully saturated rings. The van der Waals surface area contributed by atoms with E-state index in [-0.39, 0.29) is 6.04 Å². The van der Waals surface area contributed by atoms with E-state index in [4.69, 9.17) is 17.3 Å². The molecule has 0 bridgehead atoms. The van der Waals surface area contributed by atoms with E-state index in [9.17, 15) is 0 Å². The summed E-state index contributed by atoms with van der Waals surface area (Å²) in [6.45, 7) is 2.08. The summed E-state index contributed by atoms with van der Waals surface area (Å²) in [6, 6.07) is 8.01. The smallest absolute Gasteiger partial charge is 0.0660 e.